The van der Waals surface area contributed by atoms with Gasteiger partial charge >= 0.3 is 0 Å². The summed E-state index contributed by atoms with van der Waals surface area (Å²) in [5.74, 6) is 0.856. The molecule has 1 N–H and O–H groups in total. The first-order valence-electron chi connectivity index (χ1n) is 11.6. The number of rotatable bonds is 10. The molecule has 0 bridgehead atoms. The molecule has 0 aromatic heterocycles. The first-order chi connectivity index (χ1) is 15.0. The van der Waals surface area contributed by atoms with Gasteiger partial charge in [0.25, 0.3) is 0 Å². The normalized spacial score (nSPS) is 17.9. The number of para-hydroxylation sites is 1. The number of hydrogen-bond acceptors (Lipinski definition) is 4. The second-order valence-corrected chi connectivity index (χ2v) is 8.56. The molecule has 3 unspecified atom stereocenters. The lowest BCUT2D eigenvalue weighted by Gasteiger charge is -2.47. The van der Waals surface area contributed by atoms with Crippen LogP contribution < -0.4 is 9.64 Å². The molecule has 2 aromatic carbocycles. The van der Waals surface area contributed by atoms with Crippen molar-refractivity contribution in [1.82, 2.24) is 4.90 Å². The van der Waals surface area contributed by atoms with E-state index in [9.17, 15) is 5.11 Å². The number of methoxy groups -OCH3 is 1. The van der Waals surface area contributed by atoms with E-state index in [1.54, 1.807) is 7.11 Å². The predicted molar refractivity (Wildman–Crippen MR) is 130 cm³/mol. The zero-order valence-corrected chi connectivity index (χ0v) is 19.6. The van der Waals surface area contributed by atoms with Crippen LogP contribution in [0.3, 0.4) is 0 Å². The number of likely N-dealkylation sites (N-methyl/N-ethyl adjacent to an activating group) is 1. The minimum atomic E-state index is -0.604. The highest BCUT2D eigenvalue weighted by Crippen LogP contribution is 2.41. The van der Waals surface area contributed by atoms with Crippen LogP contribution in [0.5, 0.6) is 5.75 Å². The van der Waals surface area contributed by atoms with E-state index in [1.807, 2.05) is 12.1 Å². The van der Waals surface area contributed by atoms with Gasteiger partial charge in [0.1, 0.15) is 12.0 Å². The zero-order valence-electron chi connectivity index (χ0n) is 19.6. The van der Waals surface area contributed by atoms with Gasteiger partial charge in [0.2, 0.25) is 0 Å². The molecule has 168 valence electrons. The average Bonchev–Trinajstić information content (AvgIpc) is 2.80. The third-order valence-electron chi connectivity index (χ3n) is 6.57. The van der Waals surface area contributed by atoms with Gasteiger partial charge in [-0.1, -0.05) is 49.8 Å². The molecule has 0 aliphatic carbocycles. The second-order valence-electron chi connectivity index (χ2n) is 8.56. The monoisotopic (exact) mass is 422 g/mol. The topological polar surface area (TPSA) is 35.9 Å². The number of benzene rings is 2. The van der Waals surface area contributed by atoms with E-state index in [2.05, 4.69) is 73.5 Å². The van der Waals surface area contributed by atoms with Crippen LogP contribution in [0.2, 0.25) is 0 Å². The highest BCUT2D eigenvalue weighted by molar-refractivity contribution is 5.58. The molecule has 2 aromatic rings. The standard InChI is InChI=1S/C27H38N2O2/c1-6-28(7-2)26(18-12-20(3)4)27(30)29-24-11-9-8-10-21(24)15-19-25(29)22-13-16-23(31-5)17-14-22/h8-11,13-14,16-17,25-27,30H,3,6-7,12,15,18-19H2,1-2,4-5H3. The van der Waals surface area contributed by atoms with Crippen molar-refractivity contribution in [3.8, 4) is 5.75 Å². The van der Waals surface area contributed by atoms with Crippen LogP contribution in [0, 0.1) is 0 Å². The van der Waals surface area contributed by atoms with Crippen molar-refractivity contribution in [3.63, 3.8) is 0 Å². The number of nitrogens with zero attached hydrogens (tertiary/aromatic N) is 2. The quantitative estimate of drug-likeness (QED) is 0.508. The summed E-state index contributed by atoms with van der Waals surface area (Å²) in [5.41, 5.74) is 4.83. The van der Waals surface area contributed by atoms with Gasteiger partial charge in [-0.3, -0.25) is 4.90 Å². The first-order valence-corrected chi connectivity index (χ1v) is 11.6. The first kappa shape index (κ1) is 23.4. The molecule has 0 saturated heterocycles. The van der Waals surface area contributed by atoms with Crippen LogP contribution >= 0.6 is 0 Å². The van der Waals surface area contributed by atoms with Crippen molar-refractivity contribution < 1.29 is 9.84 Å². The van der Waals surface area contributed by atoms with Crippen LogP contribution in [0.4, 0.5) is 5.69 Å². The maximum Gasteiger partial charge on any atom is 0.143 e. The Hall–Kier alpha value is -2.30. The Morgan fingerprint density at radius 1 is 1.16 bits per heavy atom. The molecule has 0 spiro atoms. The van der Waals surface area contributed by atoms with Gasteiger partial charge < -0.3 is 14.7 Å². The number of anilines is 1. The van der Waals surface area contributed by atoms with Gasteiger partial charge in [0, 0.05) is 5.69 Å². The largest absolute Gasteiger partial charge is 0.497 e. The van der Waals surface area contributed by atoms with Gasteiger partial charge in [-0.15, -0.1) is 6.58 Å². The van der Waals surface area contributed by atoms with E-state index in [0.29, 0.717) is 0 Å². The molecule has 0 radical (unpaired) electrons. The predicted octanol–water partition coefficient (Wildman–Crippen LogP) is 5.57. The van der Waals surface area contributed by atoms with Crippen molar-refractivity contribution >= 4 is 5.69 Å². The van der Waals surface area contributed by atoms with Crippen LogP contribution in [-0.2, 0) is 6.42 Å². The maximum absolute atomic E-state index is 11.9. The molecule has 3 atom stereocenters. The smallest absolute Gasteiger partial charge is 0.143 e. The van der Waals surface area contributed by atoms with Crippen molar-refractivity contribution in [1.29, 1.82) is 0 Å². The number of fused-ring (bicyclic) bond motifs is 1. The van der Waals surface area contributed by atoms with E-state index >= 15 is 0 Å². The van der Waals surface area contributed by atoms with E-state index < -0.39 is 6.23 Å². The lowest BCUT2D eigenvalue weighted by molar-refractivity contribution is 0.0395. The highest BCUT2D eigenvalue weighted by atomic mass is 16.5. The lowest BCUT2D eigenvalue weighted by atomic mass is 9.89. The van der Waals surface area contributed by atoms with E-state index in [0.717, 1.165) is 55.8 Å². The molecular formula is C27H38N2O2. The van der Waals surface area contributed by atoms with Crippen LogP contribution in [0.15, 0.2) is 60.7 Å². The SMILES string of the molecule is C=C(C)CCC(C(O)N1c2ccccc2CCC1c1ccc(OC)cc1)N(CC)CC. The minimum Gasteiger partial charge on any atom is -0.497 e. The number of allylic oxidation sites excluding steroid dienone is 1. The summed E-state index contributed by atoms with van der Waals surface area (Å²) >= 11 is 0. The van der Waals surface area contributed by atoms with E-state index in [4.69, 9.17) is 4.74 Å². The second kappa shape index (κ2) is 10.8. The Kier molecular flexibility index (Phi) is 8.16. The molecule has 31 heavy (non-hydrogen) atoms. The molecule has 3 rings (SSSR count). The van der Waals surface area contributed by atoms with E-state index in [1.165, 1.54) is 11.1 Å². The molecule has 4 heteroatoms. The summed E-state index contributed by atoms with van der Waals surface area (Å²) in [5, 5.41) is 11.9. The fourth-order valence-corrected chi connectivity index (χ4v) is 4.85. The number of aliphatic hydroxyl groups excluding tert-OH is 1. The Bertz CT molecular complexity index is 845. The molecule has 1 heterocycles. The van der Waals surface area contributed by atoms with Crippen LogP contribution in [0.25, 0.3) is 0 Å². The Morgan fingerprint density at radius 3 is 2.45 bits per heavy atom. The summed E-state index contributed by atoms with van der Waals surface area (Å²) in [4.78, 5) is 4.65. The van der Waals surface area contributed by atoms with Crippen molar-refractivity contribution in [2.45, 2.75) is 64.8 Å². The molecule has 0 amide bonds. The Balaban J connectivity index is 2.01. The average molecular weight is 423 g/mol. The fourth-order valence-electron chi connectivity index (χ4n) is 4.85. The summed E-state index contributed by atoms with van der Waals surface area (Å²) in [6.45, 7) is 12.3. The van der Waals surface area contributed by atoms with Gasteiger partial charge in [0.15, 0.2) is 0 Å². The summed E-state index contributed by atoms with van der Waals surface area (Å²) in [6, 6.07) is 17.0. The number of aryl methyl sites for hydroxylation is 1. The third-order valence-corrected chi connectivity index (χ3v) is 6.57. The van der Waals surface area contributed by atoms with Crippen molar-refractivity contribution in [2.75, 3.05) is 25.1 Å². The number of aliphatic hydroxyl groups is 1. The summed E-state index contributed by atoms with van der Waals surface area (Å²) in [6.07, 6.45) is 3.20. The highest BCUT2D eigenvalue weighted by Gasteiger charge is 2.37. The minimum absolute atomic E-state index is 0.0404. The van der Waals surface area contributed by atoms with Gasteiger partial charge in [-0.25, -0.2) is 0 Å². The third kappa shape index (κ3) is 5.31. The molecule has 0 fully saturated rings. The Morgan fingerprint density at radius 2 is 1.84 bits per heavy atom. The zero-order chi connectivity index (χ0) is 22.4. The lowest BCUT2D eigenvalue weighted by Crippen LogP contribution is -2.54. The number of hydrogen-bond donors (Lipinski definition) is 1. The van der Waals surface area contributed by atoms with Gasteiger partial charge in [-0.05, 0) is 75.0 Å². The molecule has 4 nitrogen and oxygen atoms in total. The summed E-state index contributed by atoms with van der Waals surface area (Å²) < 4.78 is 5.36. The molecule has 0 saturated carbocycles. The van der Waals surface area contributed by atoms with Crippen LogP contribution in [0.1, 0.15) is 57.2 Å². The molecular weight excluding hydrogens is 384 g/mol. The van der Waals surface area contributed by atoms with Crippen molar-refractivity contribution in [3.05, 3.63) is 71.8 Å². The number of ether oxygens (including phenoxy) is 1. The van der Waals surface area contributed by atoms with Crippen molar-refractivity contribution in [2.24, 2.45) is 0 Å². The van der Waals surface area contributed by atoms with Crippen LogP contribution in [-0.4, -0.2) is 42.5 Å². The van der Waals surface area contributed by atoms with E-state index in [-0.39, 0.29) is 12.1 Å². The maximum atomic E-state index is 11.9. The van der Waals surface area contributed by atoms with Gasteiger partial charge in [0.05, 0.1) is 19.2 Å². The fraction of sp³-hybridized carbons (Fsp3) is 0.481. The molecule has 1 aliphatic heterocycles. The summed E-state index contributed by atoms with van der Waals surface area (Å²) in [7, 11) is 1.69. The van der Waals surface area contributed by atoms with Gasteiger partial charge in [-0.2, -0.15) is 0 Å². The Labute approximate surface area is 188 Å². The molecule has 1 aliphatic rings.